The van der Waals surface area contributed by atoms with Crippen molar-refractivity contribution in [2.75, 3.05) is 10.6 Å². The lowest BCUT2D eigenvalue weighted by atomic mass is 9.93. The smallest absolute Gasteiger partial charge is 0.255 e. The van der Waals surface area contributed by atoms with Crippen molar-refractivity contribution in [2.24, 2.45) is 10.9 Å². The zero-order chi connectivity index (χ0) is 34.0. The fraction of sp³-hybridized carbons (Fsp3) is 0.425. The summed E-state index contributed by atoms with van der Waals surface area (Å²) in [4.78, 5) is 17.7. The highest BCUT2D eigenvalue weighted by atomic mass is 19.1. The molecule has 0 saturated carbocycles. The Kier molecular flexibility index (Phi) is 12.4. The van der Waals surface area contributed by atoms with E-state index in [0.717, 1.165) is 52.7 Å². The molecule has 4 rings (SSSR count). The Morgan fingerprint density at radius 3 is 2.55 bits per heavy atom. The minimum absolute atomic E-state index is 0.110. The third kappa shape index (κ3) is 10.3. The summed E-state index contributed by atoms with van der Waals surface area (Å²) in [5.74, 6) is 7.35. The van der Waals surface area contributed by atoms with Gasteiger partial charge in [0.25, 0.3) is 5.91 Å². The number of nitrogens with zero attached hydrogens (tertiary/aromatic N) is 3. The number of amides is 1. The van der Waals surface area contributed by atoms with Crippen LogP contribution in [0, 0.1) is 37.4 Å². The van der Waals surface area contributed by atoms with Crippen molar-refractivity contribution < 1.29 is 9.18 Å². The number of anilines is 2. The zero-order valence-electron chi connectivity index (χ0n) is 29.1. The number of allylic oxidation sites excluding steroid dienone is 3. The van der Waals surface area contributed by atoms with E-state index in [-0.39, 0.29) is 17.3 Å². The number of benzene rings is 2. The van der Waals surface area contributed by atoms with Gasteiger partial charge in [-0.25, -0.2) is 9.38 Å². The van der Waals surface area contributed by atoms with Crippen LogP contribution >= 0.6 is 0 Å². The molecule has 0 aliphatic carbocycles. The Morgan fingerprint density at radius 1 is 1.04 bits per heavy atom. The summed E-state index contributed by atoms with van der Waals surface area (Å²) in [5, 5.41) is 10.9. The van der Waals surface area contributed by atoms with Gasteiger partial charge in [-0.3, -0.25) is 9.48 Å². The lowest BCUT2D eigenvalue weighted by Crippen LogP contribution is -2.22. The van der Waals surface area contributed by atoms with Crippen LogP contribution in [0.15, 0.2) is 71.1 Å². The number of aryl methyl sites for hydroxylation is 3. The Balaban J connectivity index is 1.35. The van der Waals surface area contributed by atoms with E-state index in [0.29, 0.717) is 29.7 Å². The molecule has 248 valence electrons. The third-order valence-corrected chi connectivity index (χ3v) is 8.58. The third-order valence-electron chi connectivity index (χ3n) is 8.58. The Bertz CT molecular complexity index is 1710. The molecule has 0 spiro atoms. The second-order valence-corrected chi connectivity index (χ2v) is 13.5. The largest absolute Gasteiger partial charge is 0.338 e. The molecule has 3 aromatic rings. The van der Waals surface area contributed by atoms with Crippen LogP contribution in [0.5, 0.6) is 0 Å². The van der Waals surface area contributed by atoms with E-state index in [9.17, 15) is 9.18 Å². The number of halogens is 1. The van der Waals surface area contributed by atoms with E-state index in [4.69, 9.17) is 0 Å². The van der Waals surface area contributed by atoms with Crippen LogP contribution in [0.4, 0.5) is 15.8 Å². The van der Waals surface area contributed by atoms with Crippen LogP contribution in [0.1, 0.15) is 112 Å². The highest BCUT2D eigenvalue weighted by Gasteiger charge is 2.17. The number of hydrogen-bond acceptors (Lipinski definition) is 4. The Morgan fingerprint density at radius 2 is 1.85 bits per heavy atom. The first kappa shape index (κ1) is 35.4. The van der Waals surface area contributed by atoms with E-state index in [1.54, 1.807) is 30.5 Å². The Hall–Kier alpha value is -4.44. The van der Waals surface area contributed by atoms with Gasteiger partial charge in [-0.15, -0.1) is 0 Å². The maximum atomic E-state index is 14.9. The number of nitrogens with one attached hydrogen (secondary N) is 2. The summed E-state index contributed by atoms with van der Waals surface area (Å²) in [6, 6.07) is 10.4. The quantitative estimate of drug-likeness (QED) is 0.154. The number of hydrogen-bond donors (Lipinski definition) is 2. The van der Waals surface area contributed by atoms with Crippen LogP contribution in [0.25, 0.3) is 0 Å². The summed E-state index contributed by atoms with van der Waals surface area (Å²) in [6.45, 7) is 14.8. The van der Waals surface area contributed by atoms with Crippen LogP contribution < -0.4 is 10.6 Å². The predicted molar refractivity (Wildman–Crippen MR) is 194 cm³/mol. The molecule has 1 aromatic heterocycles. The number of carbonyl (C=O) groups is 1. The number of rotatable bonds is 12. The van der Waals surface area contributed by atoms with E-state index in [2.05, 4.69) is 67.2 Å². The first-order valence-corrected chi connectivity index (χ1v) is 17.0. The minimum atomic E-state index is -0.304. The number of unbranched alkanes of at least 4 members (excludes halogenated alkanes) is 1. The molecule has 0 fully saturated rings. The van der Waals surface area contributed by atoms with Crippen molar-refractivity contribution in [1.29, 1.82) is 0 Å². The topological polar surface area (TPSA) is 71.3 Å². The van der Waals surface area contributed by atoms with Crippen LogP contribution in [-0.2, 0) is 12.0 Å². The van der Waals surface area contributed by atoms with E-state index in [1.165, 1.54) is 31.7 Å². The predicted octanol–water partition coefficient (Wildman–Crippen LogP) is 9.89. The molecule has 1 amide bonds. The summed E-state index contributed by atoms with van der Waals surface area (Å²) in [5.41, 5.74) is 5.81. The van der Waals surface area contributed by atoms with Gasteiger partial charge in [-0.05, 0) is 101 Å². The normalized spacial score (nSPS) is 13.6. The molecule has 1 aliphatic heterocycles. The molecular weight excluding hydrogens is 585 g/mol. The molecule has 2 aromatic carbocycles. The standard InChI is InChI=1S/C40H50FN5O/c1-8-13-30(9-2)14-10-11-16-32-22-23-35(25-36(32)41)43-39(47)34-20-18-28(3)33(24-34)21-19-31-15-12-17-38(42-26-31)44-37-27-46(40(5,6)7)45-29(37)4/h15,17-18,20,22-27,30,44H,8-14,16H2,1-7H3,(H,43,47). The molecule has 1 aliphatic rings. The number of aromatic nitrogens is 2. The highest BCUT2D eigenvalue weighted by Crippen LogP contribution is 2.23. The van der Waals surface area contributed by atoms with Gasteiger partial charge < -0.3 is 10.6 Å². The van der Waals surface area contributed by atoms with Crippen molar-refractivity contribution in [1.82, 2.24) is 9.78 Å². The molecule has 6 nitrogen and oxygen atoms in total. The second kappa shape index (κ2) is 16.4. The van der Waals surface area contributed by atoms with Crippen LogP contribution in [-0.4, -0.2) is 21.9 Å². The maximum absolute atomic E-state index is 14.9. The van der Waals surface area contributed by atoms with Crippen LogP contribution in [0.2, 0.25) is 0 Å². The Labute approximate surface area is 280 Å². The monoisotopic (exact) mass is 635 g/mol. The van der Waals surface area contributed by atoms with Gasteiger partial charge in [0, 0.05) is 34.8 Å². The molecule has 1 unspecified atom stereocenters. The van der Waals surface area contributed by atoms with Gasteiger partial charge in [0.1, 0.15) is 11.6 Å². The lowest BCUT2D eigenvalue weighted by Gasteiger charge is -2.18. The van der Waals surface area contributed by atoms with Crippen molar-refractivity contribution in [2.45, 2.75) is 105 Å². The molecule has 2 N–H and O–H groups in total. The van der Waals surface area contributed by atoms with E-state index < -0.39 is 0 Å². The summed E-state index contributed by atoms with van der Waals surface area (Å²) in [6.07, 6.45) is 16.2. The van der Waals surface area contributed by atoms with Gasteiger partial charge >= 0.3 is 0 Å². The molecular formula is C40H50FN5O. The van der Waals surface area contributed by atoms with Gasteiger partial charge in [0.15, 0.2) is 0 Å². The van der Waals surface area contributed by atoms with Crippen molar-refractivity contribution in [3.8, 4) is 11.8 Å². The first-order valence-electron chi connectivity index (χ1n) is 17.0. The fourth-order valence-electron chi connectivity index (χ4n) is 5.55. The second-order valence-electron chi connectivity index (χ2n) is 13.5. The molecule has 2 heterocycles. The SMILES string of the molecule is CCCC(CC)CCCCc1ccc(NC(=O)c2ccc(C)c(C#CC3=CCC=C(Nc4cn(C(C)(C)C)nc4C)N=C3)c2)cc1F. The zero-order valence-corrected chi connectivity index (χ0v) is 29.1. The molecule has 47 heavy (non-hydrogen) atoms. The van der Waals surface area contributed by atoms with Crippen molar-refractivity contribution >= 4 is 23.5 Å². The van der Waals surface area contributed by atoms with Crippen molar-refractivity contribution in [3.05, 3.63) is 99.9 Å². The van der Waals surface area contributed by atoms with Crippen LogP contribution in [0.3, 0.4) is 0 Å². The molecule has 1 atom stereocenters. The van der Waals surface area contributed by atoms with Gasteiger partial charge in [-0.2, -0.15) is 5.10 Å². The van der Waals surface area contributed by atoms with E-state index in [1.807, 2.05) is 42.9 Å². The lowest BCUT2D eigenvalue weighted by molar-refractivity contribution is 0.102. The summed E-state index contributed by atoms with van der Waals surface area (Å²) < 4.78 is 16.8. The first-order chi connectivity index (χ1) is 22.5. The van der Waals surface area contributed by atoms with Gasteiger partial charge in [-0.1, -0.05) is 76.0 Å². The molecule has 0 bridgehead atoms. The van der Waals surface area contributed by atoms with Crippen molar-refractivity contribution in [3.63, 3.8) is 0 Å². The number of carbonyl (C=O) groups excluding carboxylic acids is 1. The molecule has 0 saturated heterocycles. The minimum Gasteiger partial charge on any atom is -0.338 e. The number of aliphatic imine (C=N–C) groups is 1. The summed E-state index contributed by atoms with van der Waals surface area (Å²) >= 11 is 0. The van der Waals surface area contributed by atoms with Gasteiger partial charge in [0.2, 0.25) is 0 Å². The van der Waals surface area contributed by atoms with Gasteiger partial charge in [0.05, 0.1) is 16.9 Å². The summed E-state index contributed by atoms with van der Waals surface area (Å²) in [7, 11) is 0. The maximum Gasteiger partial charge on any atom is 0.255 e. The average molecular weight is 636 g/mol. The highest BCUT2D eigenvalue weighted by molar-refractivity contribution is 6.04. The molecule has 0 radical (unpaired) electrons. The average Bonchev–Trinajstić information content (AvgIpc) is 3.26. The molecule has 7 heteroatoms. The fourth-order valence-corrected chi connectivity index (χ4v) is 5.55. The van der Waals surface area contributed by atoms with E-state index >= 15 is 0 Å².